The molecule has 0 radical (unpaired) electrons. The number of aliphatic carboxylic acids is 1. The highest BCUT2D eigenvalue weighted by molar-refractivity contribution is 5.70. The molecule has 1 aliphatic rings. The number of rotatable bonds is 2. The summed E-state index contributed by atoms with van der Waals surface area (Å²) in [7, 11) is 0. The number of carboxylic acid groups (broad SMARTS) is 1. The molecule has 76 valence electrons. The Kier molecular flexibility index (Phi) is 3.27. The van der Waals surface area contributed by atoms with Gasteiger partial charge in [-0.2, -0.15) is 0 Å². The number of likely N-dealkylation sites (tertiary alicyclic amines) is 1. The molecule has 1 fully saturated rings. The standard InChI is InChI=1S/C9H17NO3/c1-6(2)10-4-3-7(9(12)13)5-8(10)11/h6-8,11H,3-5H2,1-2H3,(H,12,13). The summed E-state index contributed by atoms with van der Waals surface area (Å²) in [5, 5.41) is 18.4. The van der Waals surface area contributed by atoms with E-state index in [9.17, 15) is 9.90 Å². The van der Waals surface area contributed by atoms with Crippen LogP contribution in [0.5, 0.6) is 0 Å². The third-order valence-electron chi connectivity index (χ3n) is 2.63. The van der Waals surface area contributed by atoms with Crippen molar-refractivity contribution in [1.29, 1.82) is 0 Å². The lowest BCUT2D eigenvalue weighted by Crippen LogP contribution is -2.47. The minimum absolute atomic E-state index is 0.282. The van der Waals surface area contributed by atoms with Crippen LogP contribution in [0.3, 0.4) is 0 Å². The molecule has 0 aromatic carbocycles. The van der Waals surface area contributed by atoms with Crippen molar-refractivity contribution in [2.45, 2.75) is 39.0 Å². The van der Waals surface area contributed by atoms with Gasteiger partial charge in [0, 0.05) is 19.0 Å². The number of hydrogen-bond donors (Lipinski definition) is 2. The molecular formula is C9H17NO3. The first-order chi connectivity index (χ1) is 6.02. The van der Waals surface area contributed by atoms with Gasteiger partial charge < -0.3 is 10.2 Å². The third-order valence-corrected chi connectivity index (χ3v) is 2.63. The highest BCUT2D eigenvalue weighted by Gasteiger charge is 2.31. The molecule has 0 aromatic rings. The van der Waals surface area contributed by atoms with Gasteiger partial charge >= 0.3 is 5.97 Å². The van der Waals surface area contributed by atoms with Crippen molar-refractivity contribution in [2.75, 3.05) is 6.54 Å². The second-order valence-electron chi connectivity index (χ2n) is 3.87. The van der Waals surface area contributed by atoms with Crippen molar-refractivity contribution in [1.82, 2.24) is 4.90 Å². The fourth-order valence-corrected chi connectivity index (χ4v) is 1.79. The fraction of sp³-hybridized carbons (Fsp3) is 0.889. The molecule has 2 N–H and O–H groups in total. The Morgan fingerprint density at radius 1 is 1.54 bits per heavy atom. The second kappa shape index (κ2) is 4.07. The first-order valence-electron chi connectivity index (χ1n) is 4.69. The summed E-state index contributed by atoms with van der Waals surface area (Å²) in [6, 6.07) is 0.282. The van der Waals surface area contributed by atoms with Crippen molar-refractivity contribution in [3.63, 3.8) is 0 Å². The van der Waals surface area contributed by atoms with Crippen molar-refractivity contribution in [2.24, 2.45) is 5.92 Å². The largest absolute Gasteiger partial charge is 0.481 e. The van der Waals surface area contributed by atoms with Gasteiger partial charge in [0.15, 0.2) is 0 Å². The Balaban J connectivity index is 2.51. The van der Waals surface area contributed by atoms with Gasteiger partial charge in [0.05, 0.1) is 5.92 Å². The smallest absolute Gasteiger partial charge is 0.306 e. The molecule has 1 aliphatic heterocycles. The number of carboxylic acids is 1. The van der Waals surface area contributed by atoms with Crippen LogP contribution in [-0.2, 0) is 4.79 Å². The average molecular weight is 187 g/mol. The molecule has 2 unspecified atom stereocenters. The van der Waals surface area contributed by atoms with Crippen LogP contribution in [0.15, 0.2) is 0 Å². The van der Waals surface area contributed by atoms with Gasteiger partial charge in [-0.1, -0.05) is 0 Å². The van der Waals surface area contributed by atoms with E-state index in [-0.39, 0.29) is 12.0 Å². The molecule has 2 atom stereocenters. The quantitative estimate of drug-likeness (QED) is 0.661. The lowest BCUT2D eigenvalue weighted by Gasteiger charge is -2.37. The van der Waals surface area contributed by atoms with Crippen LogP contribution in [0.25, 0.3) is 0 Å². The minimum atomic E-state index is -0.789. The number of hydrogen-bond acceptors (Lipinski definition) is 3. The molecule has 13 heavy (non-hydrogen) atoms. The van der Waals surface area contributed by atoms with Crippen LogP contribution in [0.2, 0.25) is 0 Å². The summed E-state index contributed by atoms with van der Waals surface area (Å²) >= 11 is 0. The van der Waals surface area contributed by atoms with E-state index in [2.05, 4.69) is 0 Å². The second-order valence-corrected chi connectivity index (χ2v) is 3.87. The zero-order valence-corrected chi connectivity index (χ0v) is 8.10. The number of carbonyl (C=O) groups is 1. The van der Waals surface area contributed by atoms with Gasteiger partial charge in [-0.15, -0.1) is 0 Å². The van der Waals surface area contributed by atoms with Crippen LogP contribution < -0.4 is 0 Å². The van der Waals surface area contributed by atoms with Crippen molar-refractivity contribution >= 4 is 5.97 Å². The van der Waals surface area contributed by atoms with E-state index >= 15 is 0 Å². The normalized spacial score (nSPS) is 30.8. The zero-order chi connectivity index (χ0) is 10.0. The molecule has 4 nitrogen and oxygen atoms in total. The molecule has 1 rings (SSSR count). The Hall–Kier alpha value is -0.610. The average Bonchev–Trinajstić information content (AvgIpc) is 2.03. The van der Waals surface area contributed by atoms with E-state index in [0.29, 0.717) is 19.4 Å². The maximum atomic E-state index is 10.6. The first kappa shape index (κ1) is 10.5. The third kappa shape index (κ3) is 2.42. The van der Waals surface area contributed by atoms with Gasteiger partial charge in [0.2, 0.25) is 0 Å². The van der Waals surface area contributed by atoms with Gasteiger partial charge in [-0.25, -0.2) is 0 Å². The first-order valence-corrected chi connectivity index (χ1v) is 4.69. The van der Waals surface area contributed by atoms with E-state index in [4.69, 9.17) is 5.11 Å². The Morgan fingerprint density at radius 3 is 2.54 bits per heavy atom. The molecule has 1 heterocycles. The Morgan fingerprint density at radius 2 is 2.15 bits per heavy atom. The summed E-state index contributed by atoms with van der Waals surface area (Å²) in [4.78, 5) is 12.6. The topological polar surface area (TPSA) is 60.8 Å². The van der Waals surface area contributed by atoms with Crippen molar-refractivity contribution < 1.29 is 15.0 Å². The maximum absolute atomic E-state index is 10.6. The van der Waals surface area contributed by atoms with E-state index in [1.165, 1.54) is 0 Å². The van der Waals surface area contributed by atoms with E-state index < -0.39 is 12.2 Å². The Labute approximate surface area is 78.2 Å². The van der Waals surface area contributed by atoms with Crippen LogP contribution in [0.1, 0.15) is 26.7 Å². The predicted molar refractivity (Wildman–Crippen MR) is 48.2 cm³/mol. The molecule has 4 heteroatoms. The van der Waals surface area contributed by atoms with Crippen molar-refractivity contribution in [3.8, 4) is 0 Å². The monoisotopic (exact) mass is 187 g/mol. The highest BCUT2D eigenvalue weighted by Crippen LogP contribution is 2.23. The predicted octanol–water partition coefficient (Wildman–Crippen LogP) is 0.510. The molecule has 0 aliphatic carbocycles. The molecule has 0 aromatic heterocycles. The lowest BCUT2D eigenvalue weighted by molar-refractivity contribution is -0.148. The van der Waals surface area contributed by atoms with E-state index in [1.807, 2.05) is 18.7 Å². The van der Waals surface area contributed by atoms with E-state index in [0.717, 1.165) is 0 Å². The molecule has 0 saturated carbocycles. The summed E-state index contributed by atoms with van der Waals surface area (Å²) in [5.41, 5.74) is 0. The van der Waals surface area contributed by atoms with E-state index in [1.54, 1.807) is 0 Å². The van der Waals surface area contributed by atoms with Crippen LogP contribution in [0.4, 0.5) is 0 Å². The molecular weight excluding hydrogens is 170 g/mol. The number of aliphatic hydroxyl groups excluding tert-OH is 1. The number of piperidine rings is 1. The maximum Gasteiger partial charge on any atom is 0.306 e. The van der Waals surface area contributed by atoms with Crippen LogP contribution >= 0.6 is 0 Å². The highest BCUT2D eigenvalue weighted by atomic mass is 16.4. The molecule has 0 amide bonds. The van der Waals surface area contributed by atoms with Crippen molar-refractivity contribution in [3.05, 3.63) is 0 Å². The number of nitrogens with zero attached hydrogens (tertiary/aromatic N) is 1. The lowest BCUT2D eigenvalue weighted by atomic mass is 9.95. The summed E-state index contributed by atoms with van der Waals surface area (Å²) in [6.45, 7) is 4.68. The molecule has 1 saturated heterocycles. The van der Waals surface area contributed by atoms with Gasteiger partial charge in [-0.05, 0) is 20.3 Å². The minimum Gasteiger partial charge on any atom is -0.481 e. The summed E-state index contributed by atoms with van der Waals surface area (Å²) < 4.78 is 0. The Bertz CT molecular complexity index is 193. The van der Waals surface area contributed by atoms with Gasteiger partial charge in [0.25, 0.3) is 0 Å². The molecule has 0 bridgehead atoms. The zero-order valence-electron chi connectivity index (χ0n) is 8.10. The van der Waals surface area contributed by atoms with Gasteiger partial charge in [0.1, 0.15) is 6.23 Å². The fourth-order valence-electron chi connectivity index (χ4n) is 1.79. The van der Waals surface area contributed by atoms with Crippen LogP contribution in [-0.4, -0.2) is 39.9 Å². The molecule has 0 spiro atoms. The van der Waals surface area contributed by atoms with Gasteiger partial charge in [-0.3, -0.25) is 9.69 Å². The summed E-state index contributed by atoms with van der Waals surface area (Å²) in [6.07, 6.45) is 0.410. The summed E-state index contributed by atoms with van der Waals surface area (Å²) in [5.74, 6) is -1.16. The number of aliphatic hydroxyl groups is 1. The van der Waals surface area contributed by atoms with Crippen LogP contribution in [0, 0.1) is 5.92 Å². The SMILES string of the molecule is CC(C)N1CCC(C(=O)O)CC1O.